The highest BCUT2D eigenvalue weighted by Crippen LogP contribution is 2.17. The van der Waals surface area contributed by atoms with E-state index in [2.05, 4.69) is 25.5 Å². The molecule has 8 nitrogen and oxygen atoms in total. The number of hydrogen-bond acceptors (Lipinski definition) is 6. The Hall–Kier alpha value is -3.00. The minimum atomic E-state index is -0.116. The molecule has 1 aromatic heterocycles. The fourth-order valence-corrected chi connectivity index (χ4v) is 2.66. The molecule has 1 saturated heterocycles. The average Bonchev–Trinajstić information content (AvgIpc) is 2.64. The molecule has 2 N–H and O–H groups in total. The van der Waals surface area contributed by atoms with Crippen LogP contribution in [0, 0.1) is 0 Å². The van der Waals surface area contributed by atoms with E-state index in [4.69, 9.17) is 0 Å². The van der Waals surface area contributed by atoms with E-state index in [1.54, 1.807) is 24.5 Å². The number of rotatable bonds is 4. The van der Waals surface area contributed by atoms with Crippen LogP contribution >= 0.6 is 0 Å². The SMILES string of the molecule is CC(=O)Nc1ccc(Nc2ncc(C(=O)N3CCN(C)CC3)cn2)cc1. The third kappa shape index (κ3) is 4.54. The minimum Gasteiger partial charge on any atom is -0.336 e. The lowest BCUT2D eigenvalue weighted by atomic mass is 10.2. The van der Waals surface area contributed by atoms with Gasteiger partial charge in [0.1, 0.15) is 0 Å². The molecule has 1 aliphatic heterocycles. The van der Waals surface area contributed by atoms with E-state index >= 15 is 0 Å². The molecule has 2 aromatic rings. The van der Waals surface area contributed by atoms with Gasteiger partial charge >= 0.3 is 0 Å². The van der Waals surface area contributed by atoms with Gasteiger partial charge in [-0.2, -0.15) is 0 Å². The summed E-state index contributed by atoms with van der Waals surface area (Å²) in [4.78, 5) is 36.0. The molecule has 1 aliphatic rings. The maximum absolute atomic E-state index is 12.5. The summed E-state index contributed by atoms with van der Waals surface area (Å²) in [5, 5.41) is 5.78. The van der Waals surface area contributed by atoms with Crippen LogP contribution in [-0.4, -0.2) is 64.8 Å². The molecular formula is C18H22N6O2. The van der Waals surface area contributed by atoms with E-state index in [1.807, 2.05) is 24.1 Å². The van der Waals surface area contributed by atoms with Crippen molar-refractivity contribution < 1.29 is 9.59 Å². The van der Waals surface area contributed by atoms with Gasteiger partial charge in [0.05, 0.1) is 5.56 Å². The van der Waals surface area contributed by atoms with Crippen molar-refractivity contribution in [2.24, 2.45) is 0 Å². The number of nitrogens with one attached hydrogen (secondary N) is 2. The number of nitrogens with zero attached hydrogens (tertiary/aromatic N) is 4. The number of piperazine rings is 1. The first kappa shape index (κ1) is 17.8. The first-order chi connectivity index (χ1) is 12.5. The molecule has 0 radical (unpaired) electrons. The zero-order valence-corrected chi connectivity index (χ0v) is 14.9. The van der Waals surface area contributed by atoms with Gasteiger partial charge in [-0.1, -0.05) is 0 Å². The van der Waals surface area contributed by atoms with E-state index in [0.717, 1.165) is 37.6 Å². The summed E-state index contributed by atoms with van der Waals surface area (Å²) >= 11 is 0. The van der Waals surface area contributed by atoms with Crippen LogP contribution in [-0.2, 0) is 4.79 Å². The molecule has 0 unspecified atom stereocenters. The molecule has 2 amide bonds. The Labute approximate surface area is 152 Å². The summed E-state index contributed by atoms with van der Waals surface area (Å²) in [6.07, 6.45) is 3.09. The van der Waals surface area contributed by atoms with Crippen LogP contribution < -0.4 is 10.6 Å². The highest BCUT2D eigenvalue weighted by Gasteiger charge is 2.20. The zero-order chi connectivity index (χ0) is 18.5. The van der Waals surface area contributed by atoms with Crippen LogP contribution in [0.5, 0.6) is 0 Å². The average molecular weight is 354 g/mol. The van der Waals surface area contributed by atoms with Gasteiger partial charge in [-0.25, -0.2) is 9.97 Å². The Morgan fingerprint density at radius 2 is 1.54 bits per heavy atom. The van der Waals surface area contributed by atoms with Gasteiger partial charge in [0.25, 0.3) is 5.91 Å². The number of benzene rings is 1. The van der Waals surface area contributed by atoms with Crippen molar-refractivity contribution in [3.05, 3.63) is 42.2 Å². The molecule has 0 atom stereocenters. The fraction of sp³-hybridized carbons (Fsp3) is 0.333. The van der Waals surface area contributed by atoms with E-state index < -0.39 is 0 Å². The first-order valence-electron chi connectivity index (χ1n) is 8.46. The summed E-state index contributed by atoms with van der Waals surface area (Å²) in [5.74, 6) is 0.256. The predicted molar refractivity (Wildman–Crippen MR) is 99.5 cm³/mol. The van der Waals surface area contributed by atoms with Crippen molar-refractivity contribution in [1.29, 1.82) is 0 Å². The van der Waals surface area contributed by atoms with Crippen molar-refractivity contribution in [2.45, 2.75) is 6.92 Å². The molecule has 2 heterocycles. The fourth-order valence-electron chi connectivity index (χ4n) is 2.66. The number of aromatic nitrogens is 2. The molecule has 3 rings (SSSR count). The third-order valence-corrected chi connectivity index (χ3v) is 4.15. The molecule has 1 fully saturated rings. The molecule has 136 valence electrons. The van der Waals surface area contributed by atoms with E-state index in [-0.39, 0.29) is 11.8 Å². The largest absolute Gasteiger partial charge is 0.336 e. The van der Waals surface area contributed by atoms with Crippen LogP contribution in [0.1, 0.15) is 17.3 Å². The Balaban J connectivity index is 1.60. The second-order valence-electron chi connectivity index (χ2n) is 6.27. The molecule has 26 heavy (non-hydrogen) atoms. The highest BCUT2D eigenvalue weighted by molar-refractivity contribution is 5.93. The van der Waals surface area contributed by atoms with Crippen molar-refractivity contribution >= 4 is 29.1 Å². The van der Waals surface area contributed by atoms with Gasteiger partial charge in [0.15, 0.2) is 0 Å². The van der Waals surface area contributed by atoms with E-state index in [1.165, 1.54) is 6.92 Å². The number of amides is 2. The maximum Gasteiger partial charge on any atom is 0.257 e. The van der Waals surface area contributed by atoms with Gasteiger partial charge < -0.3 is 20.4 Å². The summed E-state index contributed by atoms with van der Waals surface area (Å²) < 4.78 is 0. The second kappa shape index (κ2) is 7.92. The van der Waals surface area contributed by atoms with Crippen molar-refractivity contribution in [3.63, 3.8) is 0 Å². The number of hydrogen-bond donors (Lipinski definition) is 2. The van der Waals surface area contributed by atoms with Crippen LogP contribution in [0.15, 0.2) is 36.7 Å². The first-order valence-corrected chi connectivity index (χ1v) is 8.46. The van der Waals surface area contributed by atoms with Gasteiger partial charge in [0.2, 0.25) is 11.9 Å². The Morgan fingerprint density at radius 3 is 2.12 bits per heavy atom. The smallest absolute Gasteiger partial charge is 0.257 e. The quantitative estimate of drug-likeness (QED) is 0.866. The number of carbonyl (C=O) groups is 2. The Bertz CT molecular complexity index is 767. The van der Waals surface area contributed by atoms with Gasteiger partial charge in [0, 0.05) is 56.9 Å². The number of anilines is 3. The summed E-state index contributed by atoms with van der Waals surface area (Å²) in [6.45, 7) is 4.65. The Morgan fingerprint density at radius 1 is 0.962 bits per heavy atom. The molecule has 0 aliphatic carbocycles. The van der Waals surface area contributed by atoms with Crippen molar-refractivity contribution in [3.8, 4) is 0 Å². The van der Waals surface area contributed by atoms with E-state index in [0.29, 0.717) is 11.5 Å². The van der Waals surface area contributed by atoms with Gasteiger partial charge in [-0.05, 0) is 31.3 Å². The number of likely N-dealkylation sites (N-methyl/N-ethyl adjacent to an activating group) is 1. The highest BCUT2D eigenvalue weighted by atomic mass is 16.2. The van der Waals surface area contributed by atoms with Gasteiger partial charge in [-0.15, -0.1) is 0 Å². The molecular weight excluding hydrogens is 332 g/mol. The number of carbonyl (C=O) groups excluding carboxylic acids is 2. The van der Waals surface area contributed by atoms with Crippen LogP contribution in [0.4, 0.5) is 17.3 Å². The topological polar surface area (TPSA) is 90.5 Å². The van der Waals surface area contributed by atoms with Crippen LogP contribution in [0.2, 0.25) is 0 Å². The summed E-state index contributed by atoms with van der Waals surface area (Å²) in [5.41, 5.74) is 2.00. The standard InChI is InChI=1S/C18H22N6O2/c1-13(25)21-15-3-5-16(6-4-15)22-18-19-11-14(12-20-18)17(26)24-9-7-23(2)8-10-24/h3-6,11-12H,7-10H2,1-2H3,(H,21,25)(H,19,20,22). The van der Waals surface area contributed by atoms with Crippen LogP contribution in [0.25, 0.3) is 0 Å². The van der Waals surface area contributed by atoms with Crippen molar-refractivity contribution in [1.82, 2.24) is 19.8 Å². The van der Waals surface area contributed by atoms with Crippen molar-refractivity contribution in [2.75, 3.05) is 43.9 Å². The second-order valence-corrected chi connectivity index (χ2v) is 6.27. The zero-order valence-electron chi connectivity index (χ0n) is 14.9. The Kier molecular flexibility index (Phi) is 5.43. The lowest BCUT2D eigenvalue weighted by Gasteiger charge is -2.32. The van der Waals surface area contributed by atoms with Crippen LogP contribution in [0.3, 0.4) is 0 Å². The molecule has 1 aromatic carbocycles. The summed E-state index contributed by atoms with van der Waals surface area (Å²) in [6, 6.07) is 7.21. The monoisotopic (exact) mass is 354 g/mol. The third-order valence-electron chi connectivity index (χ3n) is 4.15. The summed E-state index contributed by atoms with van der Waals surface area (Å²) in [7, 11) is 2.05. The maximum atomic E-state index is 12.5. The van der Waals surface area contributed by atoms with Gasteiger partial charge in [-0.3, -0.25) is 9.59 Å². The molecule has 8 heteroatoms. The molecule has 0 bridgehead atoms. The lowest BCUT2D eigenvalue weighted by molar-refractivity contribution is -0.114. The normalized spacial score (nSPS) is 14.8. The van der Waals surface area contributed by atoms with E-state index in [9.17, 15) is 9.59 Å². The lowest BCUT2D eigenvalue weighted by Crippen LogP contribution is -2.47. The molecule has 0 spiro atoms. The minimum absolute atomic E-state index is 0.0377. The molecule has 0 saturated carbocycles. The predicted octanol–water partition coefficient (Wildman–Crippen LogP) is 1.57.